The van der Waals surface area contributed by atoms with Gasteiger partial charge in [0, 0.05) is 31.4 Å². The van der Waals surface area contributed by atoms with Gasteiger partial charge in [-0.15, -0.1) is 0 Å². The maximum Gasteiger partial charge on any atom is 0.272 e. The monoisotopic (exact) mass is 421 g/mol. The van der Waals surface area contributed by atoms with Crippen LogP contribution >= 0.6 is 0 Å². The zero-order valence-electron chi connectivity index (χ0n) is 18.1. The Morgan fingerprint density at radius 3 is 2.55 bits per heavy atom. The van der Waals surface area contributed by atoms with E-state index in [9.17, 15) is 9.18 Å². The van der Waals surface area contributed by atoms with Gasteiger partial charge < -0.3 is 4.90 Å². The number of amides is 1. The first-order valence-corrected chi connectivity index (χ1v) is 11.2. The Morgan fingerprint density at radius 2 is 1.81 bits per heavy atom. The number of carbonyl (C=O) groups is 1. The van der Waals surface area contributed by atoms with Crippen molar-refractivity contribution < 1.29 is 9.18 Å². The highest BCUT2D eigenvalue weighted by Gasteiger charge is 2.32. The molecule has 0 saturated heterocycles. The molecule has 6 nitrogen and oxygen atoms in total. The Kier molecular flexibility index (Phi) is 5.12. The third-order valence-corrected chi connectivity index (χ3v) is 6.78. The average Bonchev–Trinajstić information content (AvgIpc) is 3.54. The number of carbonyl (C=O) groups excluding carboxylic acids is 1. The highest BCUT2D eigenvalue weighted by atomic mass is 19.1. The van der Waals surface area contributed by atoms with Gasteiger partial charge in [-0.25, -0.2) is 4.39 Å². The molecule has 1 saturated carbocycles. The van der Waals surface area contributed by atoms with E-state index in [0.29, 0.717) is 17.9 Å². The average molecular weight is 422 g/mol. The lowest BCUT2D eigenvalue weighted by Crippen LogP contribution is -2.39. The van der Waals surface area contributed by atoms with Gasteiger partial charge in [-0.2, -0.15) is 10.2 Å². The number of nitrogens with zero attached hydrogens (tertiary/aromatic N) is 5. The number of rotatable bonds is 5. The molecule has 0 aliphatic heterocycles. The molecule has 0 bridgehead atoms. The van der Waals surface area contributed by atoms with E-state index in [2.05, 4.69) is 5.10 Å². The van der Waals surface area contributed by atoms with Crippen molar-refractivity contribution in [3.63, 3.8) is 0 Å². The molecule has 0 spiro atoms. The molecule has 0 radical (unpaired) electrons. The third-order valence-electron chi connectivity index (χ3n) is 6.78. The molecule has 1 aromatic carbocycles. The summed E-state index contributed by atoms with van der Waals surface area (Å²) in [4.78, 5) is 15.7. The molecular formula is C24H28FN5O. The maximum atomic E-state index is 13.7. The molecule has 31 heavy (non-hydrogen) atoms. The molecule has 2 aromatic heterocycles. The fourth-order valence-corrected chi connectivity index (χ4v) is 5.14. The van der Waals surface area contributed by atoms with E-state index >= 15 is 0 Å². The predicted octanol–water partition coefficient (Wildman–Crippen LogP) is 4.03. The molecule has 0 unspecified atom stereocenters. The van der Waals surface area contributed by atoms with Crippen LogP contribution in [0, 0.1) is 5.82 Å². The Labute approximate surface area is 181 Å². The van der Waals surface area contributed by atoms with Crippen LogP contribution in [0.3, 0.4) is 0 Å². The van der Waals surface area contributed by atoms with E-state index in [0.717, 1.165) is 56.2 Å². The maximum absolute atomic E-state index is 13.7. The lowest BCUT2D eigenvalue weighted by Gasteiger charge is -2.28. The summed E-state index contributed by atoms with van der Waals surface area (Å²) in [5.74, 6) is -0.293. The first kappa shape index (κ1) is 20.0. The van der Waals surface area contributed by atoms with Gasteiger partial charge in [0.2, 0.25) is 0 Å². The fraction of sp³-hybridized carbons (Fsp3) is 0.458. The number of hydrogen-bond donors (Lipinski definition) is 0. The van der Waals surface area contributed by atoms with Crippen molar-refractivity contribution in [2.45, 2.75) is 57.5 Å². The zero-order valence-corrected chi connectivity index (χ0v) is 18.1. The molecule has 1 amide bonds. The molecule has 5 rings (SSSR count). The minimum Gasteiger partial charge on any atom is -0.328 e. The van der Waals surface area contributed by atoms with Crippen molar-refractivity contribution in [2.75, 3.05) is 0 Å². The summed E-state index contributed by atoms with van der Waals surface area (Å²) in [7, 11) is 3.80. The molecule has 3 aromatic rings. The van der Waals surface area contributed by atoms with Gasteiger partial charge in [0.15, 0.2) is 0 Å². The molecular weight excluding hydrogens is 393 g/mol. The molecule has 1 fully saturated rings. The first-order chi connectivity index (χ1) is 15.0. The van der Waals surface area contributed by atoms with Crippen molar-refractivity contribution in [1.82, 2.24) is 24.5 Å². The van der Waals surface area contributed by atoms with E-state index in [4.69, 9.17) is 5.10 Å². The number of hydrogen-bond acceptors (Lipinski definition) is 3. The second kappa shape index (κ2) is 7.94. The summed E-state index contributed by atoms with van der Waals surface area (Å²) in [5.41, 5.74) is 5.71. The van der Waals surface area contributed by atoms with Crippen LogP contribution in [0.15, 0.2) is 30.3 Å². The molecule has 2 aliphatic carbocycles. The van der Waals surface area contributed by atoms with Crippen molar-refractivity contribution >= 4 is 5.91 Å². The van der Waals surface area contributed by atoms with Gasteiger partial charge in [-0.05, 0) is 68.0 Å². The van der Waals surface area contributed by atoms with Gasteiger partial charge >= 0.3 is 0 Å². The molecule has 0 N–H and O–H groups in total. The first-order valence-electron chi connectivity index (χ1n) is 11.2. The van der Waals surface area contributed by atoms with Crippen LogP contribution in [0.1, 0.15) is 59.5 Å². The number of aryl methyl sites for hydroxylation is 2. The van der Waals surface area contributed by atoms with E-state index in [1.807, 2.05) is 22.7 Å². The van der Waals surface area contributed by atoms with Crippen LogP contribution in [0.25, 0.3) is 11.3 Å². The normalized spacial score (nSPS) is 16.1. The number of aromatic nitrogens is 4. The Balaban J connectivity index is 1.46. The largest absolute Gasteiger partial charge is 0.328 e. The lowest BCUT2D eigenvalue weighted by atomic mass is 10.1. The molecule has 0 atom stereocenters. The smallest absolute Gasteiger partial charge is 0.272 e. The van der Waals surface area contributed by atoms with Crippen molar-refractivity contribution in [3.05, 3.63) is 58.8 Å². The van der Waals surface area contributed by atoms with Crippen LogP contribution in [0.2, 0.25) is 0 Å². The SMILES string of the molecule is Cn1nc(-c2ccc(F)cc2)cc1C(=O)N(Cc1nn(C)c2c1CCC2)C1CCCC1. The van der Waals surface area contributed by atoms with Gasteiger partial charge in [0.25, 0.3) is 5.91 Å². The minimum atomic E-state index is -0.286. The van der Waals surface area contributed by atoms with E-state index in [-0.39, 0.29) is 17.8 Å². The Hall–Kier alpha value is -2.96. The van der Waals surface area contributed by atoms with Crippen molar-refractivity contribution in [2.24, 2.45) is 14.1 Å². The second-order valence-corrected chi connectivity index (χ2v) is 8.77. The van der Waals surface area contributed by atoms with Crippen molar-refractivity contribution in [3.8, 4) is 11.3 Å². The highest BCUT2D eigenvalue weighted by molar-refractivity contribution is 5.94. The van der Waals surface area contributed by atoms with Crippen LogP contribution in [0.5, 0.6) is 0 Å². The number of benzene rings is 1. The topological polar surface area (TPSA) is 56.0 Å². The predicted molar refractivity (Wildman–Crippen MR) is 116 cm³/mol. The van der Waals surface area contributed by atoms with Gasteiger partial charge in [0.1, 0.15) is 11.5 Å². The summed E-state index contributed by atoms with van der Waals surface area (Å²) < 4.78 is 16.9. The van der Waals surface area contributed by atoms with Gasteiger partial charge in [-0.1, -0.05) is 12.8 Å². The fourth-order valence-electron chi connectivity index (χ4n) is 5.14. The summed E-state index contributed by atoms with van der Waals surface area (Å²) >= 11 is 0. The van der Waals surface area contributed by atoms with E-state index < -0.39 is 0 Å². The third kappa shape index (κ3) is 3.66. The minimum absolute atomic E-state index is 0.00679. The zero-order chi connectivity index (χ0) is 21.5. The number of halogens is 1. The Bertz CT molecular complexity index is 1110. The van der Waals surface area contributed by atoms with Crippen molar-refractivity contribution in [1.29, 1.82) is 0 Å². The van der Waals surface area contributed by atoms with Crippen LogP contribution in [-0.4, -0.2) is 36.4 Å². The lowest BCUT2D eigenvalue weighted by molar-refractivity contribution is 0.0649. The number of fused-ring (bicyclic) bond motifs is 1. The summed E-state index contributed by atoms with van der Waals surface area (Å²) in [5, 5.41) is 9.30. The standard InChI is InChI=1S/C24H28FN5O/c1-28-22-9-5-8-19(22)21(27-28)15-30(18-6-3-4-7-18)24(31)23-14-20(26-29(23)2)16-10-12-17(25)13-11-16/h10-14,18H,3-9,15H2,1-2H3. The molecule has 162 valence electrons. The Morgan fingerprint density at radius 1 is 1.06 bits per heavy atom. The summed E-state index contributed by atoms with van der Waals surface area (Å²) in [6.45, 7) is 0.545. The summed E-state index contributed by atoms with van der Waals surface area (Å²) in [6, 6.07) is 8.27. The van der Waals surface area contributed by atoms with Crippen LogP contribution < -0.4 is 0 Å². The quantitative estimate of drug-likeness (QED) is 0.625. The van der Waals surface area contributed by atoms with E-state index in [1.54, 1.807) is 23.9 Å². The van der Waals surface area contributed by atoms with Crippen LogP contribution in [-0.2, 0) is 33.5 Å². The second-order valence-electron chi connectivity index (χ2n) is 8.77. The highest BCUT2D eigenvalue weighted by Crippen LogP contribution is 2.30. The molecule has 2 heterocycles. The molecule has 2 aliphatic rings. The van der Waals surface area contributed by atoms with Gasteiger partial charge in [0.05, 0.1) is 17.9 Å². The van der Waals surface area contributed by atoms with Crippen LogP contribution in [0.4, 0.5) is 4.39 Å². The summed E-state index contributed by atoms with van der Waals surface area (Å²) in [6.07, 6.45) is 7.65. The van der Waals surface area contributed by atoms with E-state index in [1.165, 1.54) is 23.4 Å². The molecule has 7 heteroatoms. The van der Waals surface area contributed by atoms with Gasteiger partial charge in [-0.3, -0.25) is 14.2 Å².